The summed E-state index contributed by atoms with van der Waals surface area (Å²) in [6.07, 6.45) is 0.482. The fourth-order valence-electron chi connectivity index (χ4n) is 2.17. The molecule has 0 unspecified atom stereocenters. The van der Waals surface area contributed by atoms with Gasteiger partial charge in [-0.1, -0.05) is 42.5 Å². The molecule has 2 N–H and O–H groups in total. The van der Waals surface area contributed by atoms with Gasteiger partial charge >= 0.3 is 5.97 Å². The summed E-state index contributed by atoms with van der Waals surface area (Å²) in [6, 6.07) is 13.5. The molecule has 3 nitrogen and oxygen atoms in total. The summed E-state index contributed by atoms with van der Waals surface area (Å²) >= 11 is 0. The Bertz CT molecular complexity index is 608. The normalized spacial score (nSPS) is 13.2. The third kappa shape index (κ3) is 3.58. The molecule has 2 aromatic rings. The summed E-state index contributed by atoms with van der Waals surface area (Å²) in [5.41, 5.74) is 6.54. The first kappa shape index (κ1) is 14.5. The molecule has 106 valence electrons. The standard InChI is InChI=1S/C17H21NO2/c1-17(2,3)20-16(19)15(18)11-13-9-6-8-12-7-4-5-10-14(12)13/h4-10,15H,11,18H2,1-3H3/t15-/m0/s1. The van der Waals surface area contributed by atoms with Crippen molar-refractivity contribution in [2.45, 2.75) is 38.8 Å². The zero-order chi connectivity index (χ0) is 14.8. The second-order valence-corrected chi connectivity index (χ2v) is 5.98. The molecule has 0 heterocycles. The van der Waals surface area contributed by atoms with Crippen molar-refractivity contribution < 1.29 is 9.53 Å². The van der Waals surface area contributed by atoms with Crippen LogP contribution in [0.1, 0.15) is 26.3 Å². The van der Waals surface area contributed by atoms with Crippen molar-refractivity contribution in [1.29, 1.82) is 0 Å². The van der Waals surface area contributed by atoms with E-state index in [2.05, 4.69) is 12.1 Å². The van der Waals surface area contributed by atoms with Gasteiger partial charge in [0.1, 0.15) is 11.6 Å². The van der Waals surface area contributed by atoms with Gasteiger partial charge in [0.25, 0.3) is 0 Å². The minimum atomic E-state index is -0.639. The van der Waals surface area contributed by atoms with Crippen molar-refractivity contribution in [2.24, 2.45) is 5.73 Å². The molecule has 2 aromatic carbocycles. The molecule has 0 radical (unpaired) electrons. The molecular formula is C17H21NO2. The molecule has 0 aromatic heterocycles. The molecule has 0 aliphatic rings. The minimum absolute atomic E-state index is 0.356. The topological polar surface area (TPSA) is 52.3 Å². The SMILES string of the molecule is CC(C)(C)OC(=O)[C@@H](N)Cc1cccc2ccccc12. The highest BCUT2D eigenvalue weighted by molar-refractivity contribution is 5.86. The predicted octanol–water partition coefficient (Wildman–Crippen LogP) is 3.05. The van der Waals surface area contributed by atoms with E-state index in [9.17, 15) is 4.79 Å². The fourth-order valence-corrected chi connectivity index (χ4v) is 2.17. The van der Waals surface area contributed by atoms with Gasteiger partial charge in [0.05, 0.1) is 0 Å². The summed E-state index contributed by atoms with van der Waals surface area (Å²) in [5, 5.41) is 2.29. The number of esters is 1. The Balaban J connectivity index is 2.18. The molecule has 0 aliphatic carbocycles. The van der Waals surface area contributed by atoms with Crippen molar-refractivity contribution in [3.63, 3.8) is 0 Å². The van der Waals surface area contributed by atoms with Crippen molar-refractivity contribution in [3.8, 4) is 0 Å². The lowest BCUT2D eigenvalue weighted by Crippen LogP contribution is -2.38. The minimum Gasteiger partial charge on any atom is -0.459 e. The van der Waals surface area contributed by atoms with E-state index < -0.39 is 11.6 Å². The molecule has 0 saturated carbocycles. The van der Waals surface area contributed by atoms with Crippen LogP contribution in [0.2, 0.25) is 0 Å². The van der Waals surface area contributed by atoms with Crippen LogP contribution in [0.4, 0.5) is 0 Å². The van der Waals surface area contributed by atoms with Crippen LogP contribution in [0.5, 0.6) is 0 Å². The molecule has 2 rings (SSSR count). The summed E-state index contributed by atoms with van der Waals surface area (Å²) in [4.78, 5) is 12.0. The Kier molecular flexibility index (Phi) is 4.09. The van der Waals surface area contributed by atoms with E-state index in [0.717, 1.165) is 16.3 Å². The Morgan fingerprint density at radius 3 is 2.50 bits per heavy atom. The number of benzene rings is 2. The molecule has 3 heteroatoms. The smallest absolute Gasteiger partial charge is 0.323 e. The monoisotopic (exact) mass is 271 g/mol. The number of carbonyl (C=O) groups is 1. The number of nitrogens with two attached hydrogens (primary N) is 1. The molecule has 0 saturated heterocycles. The van der Waals surface area contributed by atoms with Gasteiger partial charge in [0, 0.05) is 0 Å². The molecule has 0 amide bonds. The molecule has 1 atom stereocenters. The zero-order valence-corrected chi connectivity index (χ0v) is 12.2. The van der Waals surface area contributed by atoms with Gasteiger partial charge in [-0.25, -0.2) is 0 Å². The third-order valence-electron chi connectivity index (χ3n) is 3.03. The van der Waals surface area contributed by atoms with Gasteiger partial charge in [0.15, 0.2) is 0 Å². The van der Waals surface area contributed by atoms with Gasteiger partial charge < -0.3 is 10.5 Å². The van der Waals surface area contributed by atoms with Gasteiger partial charge in [-0.05, 0) is 43.5 Å². The lowest BCUT2D eigenvalue weighted by Gasteiger charge is -2.22. The van der Waals surface area contributed by atoms with E-state index >= 15 is 0 Å². The summed E-state index contributed by atoms with van der Waals surface area (Å²) in [5.74, 6) is -0.356. The average Bonchev–Trinajstić information content (AvgIpc) is 2.37. The third-order valence-corrected chi connectivity index (χ3v) is 3.03. The van der Waals surface area contributed by atoms with E-state index in [4.69, 9.17) is 10.5 Å². The number of ether oxygens (including phenoxy) is 1. The van der Waals surface area contributed by atoms with Gasteiger partial charge in [-0.2, -0.15) is 0 Å². The van der Waals surface area contributed by atoms with Crippen molar-refractivity contribution in [1.82, 2.24) is 0 Å². The number of rotatable bonds is 3. The highest BCUT2D eigenvalue weighted by atomic mass is 16.6. The number of carbonyl (C=O) groups excluding carboxylic acids is 1. The van der Waals surface area contributed by atoms with Crippen LogP contribution in [-0.2, 0) is 16.0 Å². The quantitative estimate of drug-likeness (QED) is 0.873. The van der Waals surface area contributed by atoms with E-state index in [0.29, 0.717) is 6.42 Å². The maximum Gasteiger partial charge on any atom is 0.323 e. The van der Waals surface area contributed by atoms with Crippen LogP contribution in [0.25, 0.3) is 10.8 Å². The lowest BCUT2D eigenvalue weighted by atomic mass is 9.99. The zero-order valence-electron chi connectivity index (χ0n) is 12.2. The van der Waals surface area contributed by atoms with E-state index in [1.807, 2.05) is 51.1 Å². The maximum atomic E-state index is 12.0. The van der Waals surface area contributed by atoms with Gasteiger partial charge in [-0.15, -0.1) is 0 Å². The summed E-state index contributed by atoms with van der Waals surface area (Å²) in [6.45, 7) is 5.53. The first-order valence-corrected chi connectivity index (χ1v) is 6.82. The lowest BCUT2D eigenvalue weighted by molar-refractivity contribution is -0.156. The van der Waals surface area contributed by atoms with Crippen molar-refractivity contribution in [2.75, 3.05) is 0 Å². The first-order chi connectivity index (χ1) is 9.37. The second-order valence-electron chi connectivity index (χ2n) is 5.98. The maximum absolute atomic E-state index is 12.0. The van der Waals surface area contributed by atoms with Gasteiger partial charge in [-0.3, -0.25) is 4.79 Å². The van der Waals surface area contributed by atoms with Crippen LogP contribution in [0, 0.1) is 0 Å². The van der Waals surface area contributed by atoms with Crippen molar-refractivity contribution >= 4 is 16.7 Å². The van der Waals surface area contributed by atoms with E-state index in [1.54, 1.807) is 0 Å². The largest absolute Gasteiger partial charge is 0.459 e. The molecule has 20 heavy (non-hydrogen) atoms. The Morgan fingerprint density at radius 1 is 1.15 bits per heavy atom. The van der Waals surface area contributed by atoms with Crippen LogP contribution in [0.3, 0.4) is 0 Å². The summed E-state index contributed by atoms with van der Waals surface area (Å²) in [7, 11) is 0. The first-order valence-electron chi connectivity index (χ1n) is 6.82. The highest BCUT2D eigenvalue weighted by Crippen LogP contribution is 2.20. The number of fused-ring (bicyclic) bond motifs is 1. The molecular weight excluding hydrogens is 250 g/mol. The van der Waals surface area contributed by atoms with Crippen LogP contribution >= 0.6 is 0 Å². The van der Waals surface area contributed by atoms with Crippen molar-refractivity contribution in [3.05, 3.63) is 48.0 Å². The second kappa shape index (κ2) is 5.63. The van der Waals surface area contributed by atoms with Crippen LogP contribution < -0.4 is 5.73 Å². The van der Waals surface area contributed by atoms with E-state index in [-0.39, 0.29) is 5.97 Å². The average molecular weight is 271 g/mol. The Labute approximate surface area is 119 Å². The number of hydrogen-bond acceptors (Lipinski definition) is 3. The highest BCUT2D eigenvalue weighted by Gasteiger charge is 2.22. The Morgan fingerprint density at radius 2 is 1.80 bits per heavy atom. The van der Waals surface area contributed by atoms with Crippen LogP contribution in [0.15, 0.2) is 42.5 Å². The number of hydrogen-bond donors (Lipinski definition) is 1. The van der Waals surface area contributed by atoms with Crippen LogP contribution in [-0.4, -0.2) is 17.6 Å². The molecule has 0 bridgehead atoms. The van der Waals surface area contributed by atoms with E-state index in [1.165, 1.54) is 0 Å². The Hall–Kier alpha value is -1.87. The predicted molar refractivity (Wildman–Crippen MR) is 81.5 cm³/mol. The summed E-state index contributed by atoms with van der Waals surface area (Å²) < 4.78 is 5.32. The van der Waals surface area contributed by atoms with Gasteiger partial charge in [0.2, 0.25) is 0 Å². The fraction of sp³-hybridized carbons (Fsp3) is 0.353. The molecule has 0 fully saturated rings. The molecule has 0 spiro atoms. The molecule has 0 aliphatic heterocycles.